The van der Waals surface area contributed by atoms with Crippen molar-refractivity contribution in [1.82, 2.24) is 4.90 Å². The molecule has 2 saturated heterocycles. The van der Waals surface area contributed by atoms with Crippen LogP contribution in [-0.2, 0) is 0 Å². The van der Waals surface area contributed by atoms with Crippen molar-refractivity contribution >= 4 is 44.4 Å². The molecule has 0 spiro atoms. The summed E-state index contributed by atoms with van der Waals surface area (Å²) in [5.74, 6) is 0.617. The molecule has 2 aliphatic rings. The average Bonchev–Trinajstić information content (AvgIpc) is 3.35. The van der Waals surface area contributed by atoms with Gasteiger partial charge in [0, 0.05) is 21.8 Å². The molecule has 2 aliphatic heterocycles. The van der Waals surface area contributed by atoms with Crippen LogP contribution in [-0.4, -0.2) is 29.9 Å². The van der Waals surface area contributed by atoms with Crippen LogP contribution < -0.4 is 5.32 Å². The van der Waals surface area contributed by atoms with Gasteiger partial charge in [0.2, 0.25) is 0 Å². The first-order chi connectivity index (χ1) is 13.8. The Balaban J connectivity index is 1.38. The third kappa shape index (κ3) is 3.63. The molecule has 0 radical (unpaired) electrons. The lowest BCUT2D eigenvalue weighted by atomic mass is 9.90. The molecule has 4 heterocycles. The van der Waals surface area contributed by atoms with Crippen LogP contribution in [0.3, 0.4) is 0 Å². The molecule has 146 valence electrons. The summed E-state index contributed by atoms with van der Waals surface area (Å²) in [7, 11) is 0. The van der Waals surface area contributed by atoms with Gasteiger partial charge in [0.05, 0.1) is 5.56 Å². The number of hydrogen-bond donors (Lipinski definition) is 1. The lowest BCUT2D eigenvalue weighted by Gasteiger charge is -2.33. The van der Waals surface area contributed by atoms with E-state index < -0.39 is 0 Å². The summed E-state index contributed by atoms with van der Waals surface area (Å²) in [5.41, 5.74) is 3.12. The van der Waals surface area contributed by atoms with E-state index in [1.807, 2.05) is 34.2 Å². The van der Waals surface area contributed by atoms with Crippen LogP contribution in [0.5, 0.6) is 0 Å². The number of amides is 1. The Morgan fingerprint density at radius 1 is 1.04 bits per heavy atom. The maximum atomic E-state index is 12.4. The zero-order valence-corrected chi connectivity index (χ0v) is 17.7. The monoisotopic (exact) mass is 410 g/mol. The van der Waals surface area contributed by atoms with E-state index >= 15 is 0 Å². The van der Waals surface area contributed by atoms with Crippen LogP contribution in [0, 0.1) is 0 Å². The van der Waals surface area contributed by atoms with Gasteiger partial charge in [-0.3, -0.25) is 4.79 Å². The van der Waals surface area contributed by atoms with Crippen molar-refractivity contribution in [3.63, 3.8) is 0 Å². The van der Waals surface area contributed by atoms with Gasteiger partial charge in [-0.2, -0.15) is 11.3 Å². The van der Waals surface area contributed by atoms with Crippen molar-refractivity contribution in [2.45, 2.75) is 50.5 Å². The molecule has 3 nitrogen and oxygen atoms in total. The third-order valence-corrected chi connectivity index (χ3v) is 8.11. The Kier molecular flexibility index (Phi) is 5.22. The van der Waals surface area contributed by atoms with Crippen molar-refractivity contribution in [3.8, 4) is 0 Å². The SMILES string of the molecule is O=C(Nc1ccc2scc(C3CCC4CCCCN4CC3)c2c1)c1ccsc1. The number of piperidine rings is 1. The number of fused-ring (bicyclic) bond motifs is 2. The molecule has 1 amide bonds. The molecule has 1 N–H and O–H groups in total. The number of anilines is 1. The number of nitrogens with one attached hydrogen (secondary N) is 1. The van der Waals surface area contributed by atoms with Crippen LogP contribution in [0.4, 0.5) is 5.69 Å². The van der Waals surface area contributed by atoms with Gasteiger partial charge in [0.15, 0.2) is 0 Å². The zero-order chi connectivity index (χ0) is 18.9. The average molecular weight is 411 g/mol. The lowest BCUT2D eigenvalue weighted by molar-refractivity contribution is 0.102. The van der Waals surface area contributed by atoms with Gasteiger partial charge in [-0.05, 0) is 97.1 Å². The minimum atomic E-state index is -0.0243. The molecular weight excluding hydrogens is 384 g/mol. The minimum Gasteiger partial charge on any atom is -0.322 e. The zero-order valence-electron chi connectivity index (χ0n) is 16.0. The number of carbonyl (C=O) groups is 1. The summed E-state index contributed by atoms with van der Waals surface area (Å²) in [6.45, 7) is 2.53. The maximum Gasteiger partial charge on any atom is 0.256 e. The largest absolute Gasteiger partial charge is 0.322 e. The fourth-order valence-electron chi connectivity index (χ4n) is 4.89. The van der Waals surface area contributed by atoms with Crippen molar-refractivity contribution in [1.29, 1.82) is 0 Å². The fraction of sp³-hybridized carbons (Fsp3) is 0.435. The van der Waals surface area contributed by atoms with E-state index in [2.05, 4.69) is 27.7 Å². The van der Waals surface area contributed by atoms with Crippen molar-refractivity contribution < 1.29 is 4.79 Å². The van der Waals surface area contributed by atoms with E-state index in [1.165, 1.54) is 67.3 Å². The van der Waals surface area contributed by atoms with E-state index in [1.54, 1.807) is 11.3 Å². The standard InChI is InChI=1S/C23H26N2OS2/c26-23(17-9-12-27-14-17)24-18-5-7-22-20(13-18)21(15-28-22)16-4-6-19-3-1-2-10-25(19)11-8-16/h5,7,9,12-16,19H,1-4,6,8,10-11H2,(H,24,26). The van der Waals surface area contributed by atoms with Gasteiger partial charge in [-0.25, -0.2) is 0 Å². The molecule has 28 heavy (non-hydrogen) atoms. The first-order valence-corrected chi connectivity index (χ1v) is 12.2. The van der Waals surface area contributed by atoms with Gasteiger partial charge >= 0.3 is 0 Å². The number of rotatable bonds is 3. The topological polar surface area (TPSA) is 32.3 Å². The summed E-state index contributed by atoms with van der Waals surface area (Å²) >= 11 is 3.39. The smallest absolute Gasteiger partial charge is 0.256 e. The molecule has 2 unspecified atom stereocenters. The molecule has 2 aromatic heterocycles. The van der Waals surface area contributed by atoms with Gasteiger partial charge in [0.25, 0.3) is 5.91 Å². The second-order valence-corrected chi connectivity index (χ2v) is 9.81. The van der Waals surface area contributed by atoms with Gasteiger partial charge < -0.3 is 10.2 Å². The predicted octanol–water partition coefficient (Wildman–Crippen LogP) is 6.34. The van der Waals surface area contributed by atoms with Gasteiger partial charge in [-0.15, -0.1) is 11.3 Å². The number of thiophene rings is 2. The Hall–Kier alpha value is -1.69. The van der Waals surface area contributed by atoms with Crippen molar-refractivity contribution in [2.75, 3.05) is 18.4 Å². The van der Waals surface area contributed by atoms with E-state index in [0.29, 0.717) is 5.92 Å². The fourth-order valence-corrected chi connectivity index (χ4v) is 6.55. The molecule has 0 bridgehead atoms. The van der Waals surface area contributed by atoms with Crippen LogP contribution >= 0.6 is 22.7 Å². The molecule has 3 aromatic rings. The number of hydrogen-bond acceptors (Lipinski definition) is 4. The van der Waals surface area contributed by atoms with E-state index in [4.69, 9.17) is 0 Å². The molecule has 0 saturated carbocycles. The molecular formula is C23H26N2OS2. The van der Waals surface area contributed by atoms with Gasteiger partial charge in [-0.1, -0.05) is 6.42 Å². The Labute approximate surface area is 174 Å². The summed E-state index contributed by atoms with van der Waals surface area (Å²) < 4.78 is 1.32. The second-order valence-electron chi connectivity index (χ2n) is 8.12. The summed E-state index contributed by atoms with van der Waals surface area (Å²) in [5, 5.41) is 10.6. The quantitative estimate of drug-likeness (QED) is 0.546. The molecule has 2 atom stereocenters. The maximum absolute atomic E-state index is 12.4. The van der Waals surface area contributed by atoms with Crippen LogP contribution in [0.25, 0.3) is 10.1 Å². The Morgan fingerprint density at radius 2 is 2.00 bits per heavy atom. The molecule has 2 fully saturated rings. The van der Waals surface area contributed by atoms with Crippen LogP contribution in [0.15, 0.2) is 40.4 Å². The molecule has 5 heteroatoms. The molecule has 0 aliphatic carbocycles. The number of carbonyl (C=O) groups excluding carboxylic acids is 1. The first kappa shape index (κ1) is 18.3. The van der Waals surface area contributed by atoms with E-state index in [-0.39, 0.29) is 5.91 Å². The van der Waals surface area contributed by atoms with Crippen LogP contribution in [0.2, 0.25) is 0 Å². The Morgan fingerprint density at radius 3 is 2.89 bits per heavy atom. The van der Waals surface area contributed by atoms with Crippen LogP contribution in [0.1, 0.15) is 60.4 Å². The highest BCUT2D eigenvalue weighted by atomic mass is 32.1. The van der Waals surface area contributed by atoms with E-state index in [0.717, 1.165) is 17.3 Å². The number of nitrogens with zero attached hydrogens (tertiary/aromatic N) is 1. The predicted molar refractivity (Wildman–Crippen MR) is 120 cm³/mol. The van der Waals surface area contributed by atoms with Crippen molar-refractivity contribution in [2.24, 2.45) is 0 Å². The molecule has 1 aromatic carbocycles. The normalized spacial score (nSPS) is 23.3. The minimum absolute atomic E-state index is 0.0243. The second kappa shape index (κ2) is 7.97. The lowest BCUT2D eigenvalue weighted by Crippen LogP contribution is -2.38. The highest BCUT2D eigenvalue weighted by molar-refractivity contribution is 7.17. The summed E-state index contributed by atoms with van der Waals surface area (Å²) in [6, 6.07) is 9.05. The first-order valence-electron chi connectivity index (χ1n) is 10.4. The number of benzene rings is 1. The summed E-state index contributed by atoms with van der Waals surface area (Å²) in [6.07, 6.45) is 8.04. The van der Waals surface area contributed by atoms with Crippen molar-refractivity contribution in [3.05, 3.63) is 51.5 Å². The third-order valence-electron chi connectivity index (χ3n) is 6.45. The van der Waals surface area contributed by atoms with E-state index in [9.17, 15) is 4.79 Å². The highest BCUT2D eigenvalue weighted by Crippen LogP contribution is 2.40. The molecule has 5 rings (SSSR count). The summed E-state index contributed by atoms with van der Waals surface area (Å²) in [4.78, 5) is 15.2. The van der Waals surface area contributed by atoms with Gasteiger partial charge in [0.1, 0.15) is 0 Å². The highest BCUT2D eigenvalue weighted by Gasteiger charge is 2.28. The Bertz CT molecular complexity index is 946.